The fraction of sp³-hybridized carbons (Fsp3) is 0.207. The van der Waals surface area contributed by atoms with Crippen molar-refractivity contribution in [3.63, 3.8) is 0 Å². The van der Waals surface area contributed by atoms with E-state index in [0.29, 0.717) is 42.5 Å². The summed E-state index contributed by atoms with van der Waals surface area (Å²) in [5, 5.41) is 0.324. The summed E-state index contributed by atoms with van der Waals surface area (Å²) in [6, 6.07) is 20.6. The van der Waals surface area contributed by atoms with E-state index in [1.165, 1.54) is 12.1 Å². The Balaban J connectivity index is 1.65. The predicted octanol–water partition coefficient (Wildman–Crippen LogP) is 2.31. The second-order valence-electron chi connectivity index (χ2n) is 9.09. The van der Waals surface area contributed by atoms with Crippen LogP contribution in [0.4, 0.5) is 0 Å². The third kappa shape index (κ3) is 6.05. The summed E-state index contributed by atoms with van der Waals surface area (Å²) in [6.07, 6.45) is 1.01. The van der Waals surface area contributed by atoms with E-state index < -0.39 is 34.2 Å². The number of hydrogen-bond donors (Lipinski definition) is 3. The van der Waals surface area contributed by atoms with Gasteiger partial charge in [-0.3, -0.25) is 14.4 Å². The van der Waals surface area contributed by atoms with Gasteiger partial charge in [-0.2, -0.15) is 0 Å². The highest BCUT2D eigenvalue weighted by Gasteiger charge is 2.27. The molecule has 0 saturated heterocycles. The summed E-state index contributed by atoms with van der Waals surface area (Å²) in [5.41, 5.74) is 14.1. The highest BCUT2D eigenvalue weighted by atomic mass is 32.2. The first-order valence-electron chi connectivity index (χ1n) is 12.7. The van der Waals surface area contributed by atoms with Crippen molar-refractivity contribution in [2.75, 3.05) is 13.2 Å². The molecule has 4 rings (SSSR count). The van der Waals surface area contributed by atoms with Crippen molar-refractivity contribution >= 4 is 38.5 Å². The molecular formula is C29H30N4O6S. The number of aromatic nitrogens is 1. The zero-order chi connectivity index (χ0) is 28.9. The molecule has 208 valence electrons. The highest BCUT2D eigenvalue weighted by Crippen LogP contribution is 2.35. The molecule has 4 aromatic rings. The van der Waals surface area contributed by atoms with Crippen LogP contribution in [-0.4, -0.2) is 43.7 Å². The van der Waals surface area contributed by atoms with E-state index in [4.69, 9.17) is 16.2 Å². The van der Waals surface area contributed by atoms with Crippen LogP contribution < -0.4 is 20.9 Å². The Morgan fingerprint density at radius 3 is 2.25 bits per heavy atom. The molecular weight excluding hydrogens is 532 g/mol. The van der Waals surface area contributed by atoms with Crippen molar-refractivity contribution in [1.82, 2.24) is 9.29 Å². The van der Waals surface area contributed by atoms with Crippen molar-refractivity contribution in [3.8, 4) is 5.75 Å². The molecule has 1 heterocycles. The van der Waals surface area contributed by atoms with Crippen LogP contribution in [0.5, 0.6) is 5.75 Å². The van der Waals surface area contributed by atoms with Gasteiger partial charge in [-0.1, -0.05) is 55.5 Å². The van der Waals surface area contributed by atoms with Gasteiger partial charge in [-0.25, -0.2) is 13.1 Å². The van der Waals surface area contributed by atoms with E-state index in [2.05, 4.69) is 0 Å². The Hall–Kier alpha value is -4.48. The minimum absolute atomic E-state index is 0.0800. The number of benzene rings is 3. The fourth-order valence-electron chi connectivity index (χ4n) is 4.61. The maximum absolute atomic E-state index is 13.0. The number of carbonyl (C=O) groups excluding carboxylic acids is 3. The van der Waals surface area contributed by atoms with Crippen LogP contribution in [-0.2, 0) is 39.0 Å². The minimum atomic E-state index is -4.14. The number of hydrogen-bond acceptors (Lipinski definition) is 7. The van der Waals surface area contributed by atoms with Crippen LogP contribution in [0.2, 0.25) is 0 Å². The third-order valence-corrected chi connectivity index (χ3v) is 7.79. The quantitative estimate of drug-likeness (QED) is 0.176. The van der Waals surface area contributed by atoms with E-state index >= 15 is 0 Å². The van der Waals surface area contributed by atoms with Crippen molar-refractivity contribution in [2.24, 2.45) is 11.5 Å². The Bertz CT molecular complexity index is 1660. The number of nitrogens with one attached hydrogen (secondary N) is 1. The zero-order valence-electron chi connectivity index (χ0n) is 21.9. The van der Waals surface area contributed by atoms with Crippen LogP contribution in [0, 0.1) is 0 Å². The molecule has 0 fully saturated rings. The molecule has 0 atom stereocenters. The lowest BCUT2D eigenvalue weighted by Gasteiger charge is -2.11. The first-order valence-corrected chi connectivity index (χ1v) is 14.1. The number of fused-ring (bicyclic) bond motifs is 1. The average molecular weight is 563 g/mol. The number of nitrogens with two attached hydrogens (primary N) is 2. The van der Waals surface area contributed by atoms with Crippen LogP contribution in [0.3, 0.4) is 0 Å². The lowest BCUT2D eigenvalue weighted by atomic mass is 10.0. The van der Waals surface area contributed by atoms with Gasteiger partial charge in [-0.15, -0.1) is 0 Å². The van der Waals surface area contributed by atoms with Gasteiger partial charge in [0.15, 0.2) is 6.61 Å². The number of amides is 2. The lowest BCUT2D eigenvalue weighted by Crippen LogP contribution is -2.34. The topological polar surface area (TPSA) is 164 Å². The Morgan fingerprint density at radius 2 is 1.62 bits per heavy atom. The van der Waals surface area contributed by atoms with Gasteiger partial charge in [0.05, 0.1) is 21.4 Å². The molecule has 0 aliphatic rings. The van der Waals surface area contributed by atoms with Gasteiger partial charge >= 0.3 is 0 Å². The number of Topliss-reactive ketones (excluding diaryl/α,β-unsaturated/α-hetero) is 1. The van der Waals surface area contributed by atoms with Gasteiger partial charge in [0.25, 0.3) is 27.6 Å². The van der Waals surface area contributed by atoms with Crippen molar-refractivity contribution in [1.29, 1.82) is 0 Å². The molecule has 0 aliphatic heterocycles. The molecule has 0 saturated carbocycles. The van der Waals surface area contributed by atoms with Crippen molar-refractivity contribution in [2.45, 2.75) is 31.2 Å². The van der Waals surface area contributed by atoms with E-state index in [-0.39, 0.29) is 16.2 Å². The molecule has 0 spiro atoms. The summed E-state index contributed by atoms with van der Waals surface area (Å²) >= 11 is 0. The van der Waals surface area contributed by atoms with Gasteiger partial charge in [0.1, 0.15) is 5.75 Å². The number of ketones is 1. The predicted molar refractivity (Wildman–Crippen MR) is 150 cm³/mol. The summed E-state index contributed by atoms with van der Waals surface area (Å²) < 4.78 is 35.0. The van der Waals surface area contributed by atoms with E-state index in [1.807, 2.05) is 46.5 Å². The SMILES string of the molecule is CCc1c(C(=O)C(N)=O)c2c(OCC(=O)NS(=O)(=O)c3ccc(CCN)cc3)cccc2n1Cc1ccccc1. The van der Waals surface area contributed by atoms with E-state index in [0.717, 1.165) is 11.1 Å². The molecule has 0 unspecified atom stereocenters. The number of rotatable bonds is 12. The number of primary amides is 1. The molecule has 3 aromatic carbocycles. The Morgan fingerprint density at radius 1 is 0.925 bits per heavy atom. The van der Waals surface area contributed by atoms with Crippen LogP contribution in [0.1, 0.15) is 34.1 Å². The monoisotopic (exact) mass is 562 g/mol. The Kier molecular flexibility index (Phi) is 8.66. The van der Waals surface area contributed by atoms with Crippen LogP contribution in [0.25, 0.3) is 10.9 Å². The third-order valence-electron chi connectivity index (χ3n) is 6.40. The lowest BCUT2D eigenvalue weighted by molar-refractivity contribution is -0.121. The normalized spacial score (nSPS) is 11.3. The smallest absolute Gasteiger partial charge is 0.289 e. The van der Waals surface area contributed by atoms with Gasteiger partial charge in [0, 0.05) is 12.2 Å². The van der Waals surface area contributed by atoms with Gasteiger partial charge in [0.2, 0.25) is 0 Å². The molecule has 5 N–H and O–H groups in total. The highest BCUT2D eigenvalue weighted by molar-refractivity contribution is 7.90. The average Bonchev–Trinajstić information content (AvgIpc) is 3.25. The van der Waals surface area contributed by atoms with Crippen LogP contribution >= 0.6 is 0 Å². The number of carbonyl (C=O) groups is 3. The molecule has 0 radical (unpaired) electrons. The largest absolute Gasteiger partial charge is 0.483 e. The fourth-order valence-corrected chi connectivity index (χ4v) is 5.58. The standard InChI is InChI=1S/C29H30N4O6S/c1-2-22-27(28(35)29(31)36)26-23(33(22)17-20-7-4-3-5-8-20)9-6-10-24(26)39-18-25(34)32-40(37,38)21-13-11-19(12-14-21)15-16-30/h3-14H,2,15-18,30H2,1H3,(H2,31,36)(H,32,34). The number of ether oxygens (including phenoxy) is 1. The maximum Gasteiger partial charge on any atom is 0.289 e. The van der Waals surface area contributed by atoms with E-state index in [9.17, 15) is 22.8 Å². The Labute approximate surface area is 232 Å². The maximum atomic E-state index is 13.0. The summed E-state index contributed by atoms with van der Waals surface area (Å²) in [6.45, 7) is 2.04. The summed E-state index contributed by atoms with van der Waals surface area (Å²) in [5.74, 6) is -2.77. The first-order chi connectivity index (χ1) is 19.2. The minimum Gasteiger partial charge on any atom is -0.483 e. The first kappa shape index (κ1) is 28.5. The summed E-state index contributed by atoms with van der Waals surface area (Å²) in [7, 11) is -4.14. The molecule has 10 nitrogen and oxygen atoms in total. The van der Waals surface area contributed by atoms with Crippen molar-refractivity contribution < 1.29 is 27.5 Å². The van der Waals surface area contributed by atoms with Crippen molar-refractivity contribution in [3.05, 3.63) is 95.2 Å². The molecule has 11 heteroatoms. The second-order valence-corrected chi connectivity index (χ2v) is 10.8. The molecule has 40 heavy (non-hydrogen) atoms. The van der Waals surface area contributed by atoms with E-state index in [1.54, 1.807) is 30.3 Å². The molecule has 1 aromatic heterocycles. The van der Waals surface area contributed by atoms with Gasteiger partial charge in [-0.05, 0) is 54.8 Å². The van der Waals surface area contributed by atoms with Gasteiger partial charge < -0.3 is 20.8 Å². The molecule has 0 aliphatic carbocycles. The number of nitrogens with zero attached hydrogens (tertiary/aromatic N) is 1. The zero-order valence-corrected chi connectivity index (χ0v) is 22.7. The second kappa shape index (κ2) is 12.1. The van der Waals surface area contributed by atoms with Crippen LogP contribution in [0.15, 0.2) is 77.7 Å². The number of sulfonamides is 1. The molecule has 2 amide bonds. The molecule has 0 bridgehead atoms. The summed E-state index contributed by atoms with van der Waals surface area (Å²) in [4.78, 5) is 37.5.